The summed E-state index contributed by atoms with van der Waals surface area (Å²) in [7, 11) is 0. The predicted octanol–water partition coefficient (Wildman–Crippen LogP) is 2.58. The molecule has 1 amide bonds. The molecule has 0 radical (unpaired) electrons. The Labute approximate surface area is 122 Å². The number of hydrogen-bond donors (Lipinski definition) is 3. The highest BCUT2D eigenvalue weighted by Crippen LogP contribution is 2.20. The fourth-order valence-electron chi connectivity index (χ4n) is 1.91. The summed E-state index contributed by atoms with van der Waals surface area (Å²) >= 11 is 5.91. The predicted molar refractivity (Wildman–Crippen MR) is 78.6 cm³/mol. The highest BCUT2D eigenvalue weighted by atomic mass is 35.5. The Bertz CT molecular complexity index is 584. The van der Waals surface area contributed by atoms with Gasteiger partial charge in [-0.15, -0.1) is 0 Å². The highest BCUT2D eigenvalue weighted by Gasteiger charge is 2.15. The van der Waals surface area contributed by atoms with Crippen molar-refractivity contribution >= 4 is 23.2 Å². The largest absolute Gasteiger partial charge is 0.469 e. The molecule has 2 rings (SSSR count). The normalized spacial score (nSPS) is 11.9. The van der Waals surface area contributed by atoms with Gasteiger partial charge >= 0.3 is 0 Å². The molecule has 1 unspecified atom stereocenters. The third-order valence-corrected chi connectivity index (χ3v) is 3.08. The quantitative estimate of drug-likeness (QED) is 0.585. The number of nitrogens with two attached hydrogens (primary N) is 1. The maximum atomic E-state index is 12.2. The number of rotatable bonds is 5. The average Bonchev–Trinajstić information content (AvgIpc) is 2.91. The van der Waals surface area contributed by atoms with E-state index >= 15 is 0 Å². The van der Waals surface area contributed by atoms with E-state index in [1.165, 1.54) is 0 Å². The Kier molecular flexibility index (Phi) is 4.65. The minimum Gasteiger partial charge on any atom is -0.469 e. The minimum absolute atomic E-state index is 0.0711. The van der Waals surface area contributed by atoms with Gasteiger partial charge in [-0.1, -0.05) is 11.6 Å². The first-order chi connectivity index (χ1) is 9.60. The van der Waals surface area contributed by atoms with E-state index < -0.39 is 0 Å². The lowest BCUT2D eigenvalue weighted by Crippen LogP contribution is -2.34. The van der Waals surface area contributed by atoms with Crippen LogP contribution in [0.3, 0.4) is 0 Å². The maximum absolute atomic E-state index is 12.2. The highest BCUT2D eigenvalue weighted by molar-refractivity contribution is 6.31. The molecule has 0 fully saturated rings. The lowest BCUT2D eigenvalue weighted by molar-refractivity contribution is 0.0940. The van der Waals surface area contributed by atoms with E-state index in [1.807, 2.05) is 19.1 Å². The maximum Gasteiger partial charge on any atom is 0.253 e. The SMILES string of the molecule is CC(Cc1ccco1)NC(=O)c1cc(Cl)ccc1NN. The van der Waals surface area contributed by atoms with Crippen LogP contribution in [0.5, 0.6) is 0 Å². The van der Waals surface area contributed by atoms with Gasteiger partial charge in [0.1, 0.15) is 5.76 Å². The van der Waals surface area contributed by atoms with E-state index in [0.717, 1.165) is 5.76 Å². The van der Waals surface area contributed by atoms with E-state index in [9.17, 15) is 4.79 Å². The number of nitrogens with one attached hydrogen (secondary N) is 2. The summed E-state index contributed by atoms with van der Waals surface area (Å²) < 4.78 is 5.25. The topological polar surface area (TPSA) is 80.3 Å². The van der Waals surface area contributed by atoms with Gasteiger partial charge in [0.15, 0.2) is 0 Å². The van der Waals surface area contributed by atoms with E-state index in [2.05, 4.69) is 10.7 Å². The first-order valence-electron chi connectivity index (χ1n) is 6.19. The zero-order valence-electron chi connectivity index (χ0n) is 11.0. The molecule has 1 atom stereocenters. The molecule has 0 saturated heterocycles. The van der Waals surface area contributed by atoms with Crippen LogP contribution in [0.25, 0.3) is 0 Å². The average molecular weight is 294 g/mol. The summed E-state index contributed by atoms with van der Waals surface area (Å²) in [6, 6.07) is 8.52. The van der Waals surface area contributed by atoms with Crippen molar-refractivity contribution in [3.63, 3.8) is 0 Å². The van der Waals surface area contributed by atoms with Crippen LogP contribution in [0.2, 0.25) is 5.02 Å². The lowest BCUT2D eigenvalue weighted by atomic mass is 10.1. The van der Waals surface area contributed by atoms with Gasteiger partial charge in [0, 0.05) is 17.5 Å². The van der Waals surface area contributed by atoms with Crippen molar-refractivity contribution in [2.75, 3.05) is 5.43 Å². The summed E-state index contributed by atoms with van der Waals surface area (Å²) in [6.07, 6.45) is 2.22. The molecule has 4 N–H and O–H groups in total. The Morgan fingerprint density at radius 2 is 2.25 bits per heavy atom. The molecule has 0 saturated carbocycles. The van der Waals surface area contributed by atoms with E-state index in [1.54, 1.807) is 24.5 Å². The van der Waals surface area contributed by atoms with Crippen LogP contribution in [-0.2, 0) is 6.42 Å². The van der Waals surface area contributed by atoms with Gasteiger partial charge in [-0.2, -0.15) is 0 Å². The lowest BCUT2D eigenvalue weighted by Gasteiger charge is -2.14. The Morgan fingerprint density at radius 1 is 1.45 bits per heavy atom. The van der Waals surface area contributed by atoms with Crippen molar-refractivity contribution in [1.82, 2.24) is 5.32 Å². The molecule has 6 heteroatoms. The second kappa shape index (κ2) is 6.45. The molecule has 1 aromatic carbocycles. The summed E-state index contributed by atoms with van der Waals surface area (Å²) in [5.41, 5.74) is 3.42. The van der Waals surface area contributed by atoms with Crippen LogP contribution in [0.4, 0.5) is 5.69 Å². The van der Waals surface area contributed by atoms with Gasteiger partial charge < -0.3 is 15.2 Å². The zero-order valence-corrected chi connectivity index (χ0v) is 11.8. The summed E-state index contributed by atoms with van der Waals surface area (Å²) in [6.45, 7) is 1.90. The van der Waals surface area contributed by atoms with Crippen molar-refractivity contribution in [1.29, 1.82) is 0 Å². The molecule has 2 aromatic rings. The van der Waals surface area contributed by atoms with Gasteiger partial charge in [-0.3, -0.25) is 10.6 Å². The van der Waals surface area contributed by atoms with Gasteiger partial charge in [0.05, 0.1) is 17.5 Å². The van der Waals surface area contributed by atoms with Gasteiger partial charge in [0.2, 0.25) is 0 Å². The molecule has 1 aromatic heterocycles. The number of furan rings is 1. The summed E-state index contributed by atoms with van der Waals surface area (Å²) in [4.78, 5) is 12.2. The number of benzene rings is 1. The molecular formula is C14H16ClN3O2. The van der Waals surface area contributed by atoms with Crippen molar-refractivity contribution in [2.24, 2.45) is 5.84 Å². The van der Waals surface area contributed by atoms with Crippen LogP contribution in [0.15, 0.2) is 41.0 Å². The smallest absolute Gasteiger partial charge is 0.253 e. The van der Waals surface area contributed by atoms with Gasteiger partial charge in [0.25, 0.3) is 5.91 Å². The molecule has 106 valence electrons. The zero-order chi connectivity index (χ0) is 14.5. The van der Waals surface area contributed by atoms with Crippen LogP contribution in [0, 0.1) is 0 Å². The second-order valence-electron chi connectivity index (χ2n) is 4.49. The summed E-state index contributed by atoms with van der Waals surface area (Å²) in [5.74, 6) is 5.97. The van der Waals surface area contributed by atoms with E-state index in [-0.39, 0.29) is 11.9 Å². The van der Waals surface area contributed by atoms with Gasteiger partial charge in [-0.25, -0.2) is 0 Å². The van der Waals surface area contributed by atoms with E-state index in [0.29, 0.717) is 22.7 Å². The fraction of sp³-hybridized carbons (Fsp3) is 0.214. The second-order valence-corrected chi connectivity index (χ2v) is 4.93. The number of halogens is 1. The molecule has 5 nitrogen and oxygen atoms in total. The fourth-order valence-corrected chi connectivity index (χ4v) is 2.09. The molecule has 20 heavy (non-hydrogen) atoms. The van der Waals surface area contributed by atoms with Crippen molar-refractivity contribution in [3.05, 3.63) is 52.9 Å². The molecule has 0 aliphatic heterocycles. The number of hydrazine groups is 1. The van der Waals surface area contributed by atoms with Crippen molar-refractivity contribution in [2.45, 2.75) is 19.4 Å². The molecule has 1 heterocycles. The third kappa shape index (κ3) is 3.53. The third-order valence-electron chi connectivity index (χ3n) is 2.85. The monoisotopic (exact) mass is 293 g/mol. The van der Waals surface area contributed by atoms with Crippen LogP contribution >= 0.6 is 11.6 Å². The van der Waals surface area contributed by atoms with Gasteiger partial charge in [-0.05, 0) is 37.3 Å². The Morgan fingerprint density at radius 3 is 2.90 bits per heavy atom. The number of hydrogen-bond acceptors (Lipinski definition) is 4. The van der Waals surface area contributed by atoms with Crippen LogP contribution < -0.4 is 16.6 Å². The van der Waals surface area contributed by atoms with Crippen LogP contribution in [-0.4, -0.2) is 11.9 Å². The number of nitrogen functional groups attached to an aromatic ring is 1. The standard InChI is InChI=1S/C14H16ClN3O2/c1-9(7-11-3-2-6-20-11)17-14(19)12-8-10(15)4-5-13(12)18-16/h2-6,8-9,18H,7,16H2,1H3,(H,17,19). The molecule has 0 aliphatic carbocycles. The molecule has 0 spiro atoms. The molecule has 0 aliphatic rings. The molecule has 0 bridgehead atoms. The number of anilines is 1. The number of carbonyl (C=O) groups is 1. The summed E-state index contributed by atoms with van der Waals surface area (Å²) in [5, 5.41) is 3.36. The van der Waals surface area contributed by atoms with Crippen molar-refractivity contribution in [3.8, 4) is 0 Å². The first kappa shape index (κ1) is 14.4. The Hall–Kier alpha value is -1.98. The molecular weight excluding hydrogens is 278 g/mol. The van der Waals surface area contributed by atoms with Crippen LogP contribution in [0.1, 0.15) is 23.0 Å². The number of carbonyl (C=O) groups excluding carboxylic acids is 1. The van der Waals surface area contributed by atoms with Crippen molar-refractivity contribution < 1.29 is 9.21 Å². The first-order valence-corrected chi connectivity index (χ1v) is 6.57. The Balaban J connectivity index is 2.06. The number of amides is 1. The minimum atomic E-state index is -0.237. The van der Waals surface area contributed by atoms with E-state index in [4.69, 9.17) is 21.9 Å².